The number of hydrogen-bond acceptors (Lipinski definition) is 5. The van der Waals surface area contributed by atoms with Crippen molar-refractivity contribution < 1.29 is 13.3 Å². The lowest BCUT2D eigenvalue weighted by molar-refractivity contribution is -0.385. The molecule has 0 atom stereocenters. The van der Waals surface area contributed by atoms with E-state index >= 15 is 0 Å². The first-order chi connectivity index (χ1) is 9.98. The highest BCUT2D eigenvalue weighted by atomic mass is 32.2. The number of nitro groups is 1. The van der Waals surface area contributed by atoms with Crippen molar-refractivity contribution in [2.24, 2.45) is 0 Å². The fourth-order valence-electron chi connectivity index (χ4n) is 2.10. The molecule has 1 aromatic carbocycles. The Kier molecular flexibility index (Phi) is 5.05. The van der Waals surface area contributed by atoms with E-state index in [1.165, 1.54) is 18.2 Å². The summed E-state index contributed by atoms with van der Waals surface area (Å²) in [6.07, 6.45) is 2.75. The Morgan fingerprint density at radius 1 is 1.33 bits per heavy atom. The first-order valence-corrected chi connectivity index (χ1v) is 8.21. The van der Waals surface area contributed by atoms with Gasteiger partial charge >= 0.3 is 0 Å². The summed E-state index contributed by atoms with van der Waals surface area (Å²) >= 11 is 0. The molecule has 2 N–H and O–H groups in total. The van der Waals surface area contributed by atoms with Crippen LogP contribution in [-0.2, 0) is 15.8 Å². The van der Waals surface area contributed by atoms with Gasteiger partial charge in [-0.25, -0.2) is 13.1 Å². The first kappa shape index (κ1) is 15.6. The lowest BCUT2D eigenvalue weighted by atomic mass is 10.1. The van der Waals surface area contributed by atoms with Gasteiger partial charge in [-0.1, -0.05) is 29.8 Å². The van der Waals surface area contributed by atoms with E-state index in [0.717, 1.165) is 25.1 Å². The van der Waals surface area contributed by atoms with Crippen LogP contribution in [0, 0.1) is 10.1 Å². The van der Waals surface area contributed by atoms with Gasteiger partial charge in [-0.3, -0.25) is 10.1 Å². The SMILES string of the molecule is O=[N+]([O-])c1ccccc1CS(=O)(=O)NCC1=CCNCC1. The number of rotatable bonds is 6. The van der Waals surface area contributed by atoms with Gasteiger partial charge in [0.1, 0.15) is 0 Å². The second kappa shape index (κ2) is 6.79. The molecule has 0 aliphatic carbocycles. The van der Waals surface area contributed by atoms with Crippen LogP contribution < -0.4 is 10.0 Å². The Hall–Kier alpha value is -1.77. The Balaban J connectivity index is 2.04. The third kappa shape index (κ3) is 4.62. The zero-order valence-electron chi connectivity index (χ0n) is 11.4. The normalized spacial score (nSPS) is 15.5. The molecule has 1 aromatic rings. The molecule has 21 heavy (non-hydrogen) atoms. The molecule has 0 saturated carbocycles. The van der Waals surface area contributed by atoms with Gasteiger partial charge in [-0.05, 0) is 13.0 Å². The quantitative estimate of drug-likeness (QED) is 0.462. The van der Waals surface area contributed by atoms with Crippen LogP contribution in [-0.4, -0.2) is 33.0 Å². The van der Waals surface area contributed by atoms with Gasteiger partial charge in [-0.2, -0.15) is 0 Å². The van der Waals surface area contributed by atoms with Gasteiger partial charge in [0, 0.05) is 24.7 Å². The number of sulfonamides is 1. The van der Waals surface area contributed by atoms with Crippen LogP contribution >= 0.6 is 0 Å². The fraction of sp³-hybridized carbons (Fsp3) is 0.385. The smallest absolute Gasteiger partial charge is 0.273 e. The predicted molar refractivity (Wildman–Crippen MR) is 79.3 cm³/mol. The zero-order valence-corrected chi connectivity index (χ0v) is 12.2. The second-order valence-corrected chi connectivity index (χ2v) is 6.59. The molecule has 0 amide bonds. The average molecular weight is 311 g/mol. The third-order valence-corrected chi connectivity index (χ3v) is 4.49. The monoisotopic (exact) mass is 311 g/mol. The van der Waals surface area contributed by atoms with Crippen LogP contribution in [0.2, 0.25) is 0 Å². The Morgan fingerprint density at radius 3 is 2.76 bits per heavy atom. The van der Waals surface area contributed by atoms with Gasteiger partial charge in [0.25, 0.3) is 5.69 Å². The van der Waals surface area contributed by atoms with Gasteiger partial charge in [0.05, 0.1) is 10.7 Å². The van der Waals surface area contributed by atoms with E-state index in [1.807, 2.05) is 6.08 Å². The molecule has 1 aliphatic rings. The van der Waals surface area contributed by atoms with Crippen LogP contribution in [0.25, 0.3) is 0 Å². The Bertz CT molecular complexity index is 655. The largest absolute Gasteiger partial charge is 0.313 e. The maximum atomic E-state index is 12.0. The van der Waals surface area contributed by atoms with Crippen molar-refractivity contribution in [2.75, 3.05) is 19.6 Å². The molecular formula is C13H17N3O4S. The maximum Gasteiger partial charge on any atom is 0.273 e. The predicted octanol–water partition coefficient (Wildman–Crippen LogP) is 0.934. The number of nitrogens with zero attached hydrogens (tertiary/aromatic N) is 1. The maximum absolute atomic E-state index is 12.0. The van der Waals surface area contributed by atoms with Crippen molar-refractivity contribution in [3.63, 3.8) is 0 Å². The van der Waals surface area contributed by atoms with Crippen LogP contribution in [0.1, 0.15) is 12.0 Å². The molecule has 1 aliphatic heterocycles. The molecule has 0 saturated heterocycles. The van der Waals surface area contributed by atoms with Crippen LogP contribution in [0.15, 0.2) is 35.9 Å². The number of hydrogen-bond donors (Lipinski definition) is 2. The summed E-state index contributed by atoms with van der Waals surface area (Å²) in [5, 5.41) is 14.0. The van der Waals surface area contributed by atoms with E-state index in [4.69, 9.17) is 0 Å². The topological polar surface area (TPSA) is 101 Å². The van der Waals surface area contributed by atoms with Crippen LogP contribution in [0.4, 0.5) is 5.69 Å². The van der Waals surface area contributed by atoms with E-state index in [1.54, 1.807) is 6.07 Å². The molecule has 0 fully saturated rings. The van der Waals surface area contributed by atoms with E-state index in [2.05, 4.69) is 10.0 Å². The molecule has 7 nitrogen and oxygen atoms in total. The van der Waals surface area contributed by atoms with E-state index < -0.39 is 20.7 Å². The summed E-state index contributed by atoms with van der Waals surface area (Å²) in [6, 6.07) is 5.87. The Labute approximate surface area is 123 Å². The van der Waals surface area contributed by atoms with Crippen molar-refractivity contribution in [3.8, 4) is 0 Å². The minimum Gasteiger partial charge on any atom is -0.313 e. The molecule has 0 unspecified atom stereocenters. The Morgan fingerprint density at radius 2 is 2.10 bits per heavy atom. The van der Waals surface area contributed by atoms with Gasteiger partial charge < -0.3 is 5.32 Å². The van der Waals surface area contributed by atoms with E-state index in [-0.39, 0.29) is 17.8 Å². The third-order valence-electron chi connectivity index (χ3n) is 3.21. The summed E-state index contributed by atoms with van der Waals surface area (Å²) in [4.78, 5) is 10.3. The lowest BCUT2D eigenvalue weighted by Gasteiger charge is -2.14. The number of benzene rings is 1. The van der Waals surface area contributed by atoms with E-state index in [0.29, 0.717) is 0 Å². The van der Waals surface area contributed by atoms with Crippen molar-refractivity contribution in [1.82, 2.24) is 10.0 Å². The van der Waals surface area contributed by atoms with Gasteiger partial charge in [0.2, 0.25) is 10.0 Å². The van der Waals surface area contributed by atoms with Crippen LogP contribution in [0.3, 0.4) is 0 Å². The average Bonchev–Trinajstić information content (AvgIpc) is 2.46. The molecule has 0 aromatic heterocycles. The highest BCUT2D eigenvalue weighted by Crippen LogP contribution is 2.19. The molecule has 1 heterocycles. The summed E-state index contributed by atoms with van der Waals surface area (Å²) in [5.41, 5.74) is 1.04. The summed E-state index contributed by atoms with van der Waals surface area (Å²) in [6.45, 7) is 1.82. The van der Waals surface area contributed by atoms with Crippen molar-refractivity contribution in [2.45, 2.75) is 12.2 Å². The standard InChI is InChI=1S/C13H17N3O4S/c17-16(18)13-4-2-1-3-12(13)10-21(19,20)15-9-11-5-7-14-8-6-11/h1-5,14-15H,6-10H2. The molecular weight excluding hydrogens is 294 g/mol. The highest BCUT2D eigenvalue weighted by Gasteiger charge is 2.19. The molecule has 114 valence electrons. The summed E-state index contributed by atoms with van der Waals surface area (Å²) < 4.78 is 26.6. The number of nitro benzene ring substituents is 1. The fourth-order valence-corrected chi connectivity index (χ4v) is 3.26. The summed E-state index contributed by atoms with van der Waals surface area (Å²) in [7, 11) is -3.61. The van der Waals surface area contributed by atoms with Gasteiger partial charge in [-0.15, -0.1) is 0 Å². The lowest BCUT2D eigenvalue weighted by Crippen LogP contribution is -2.30. The van der Waals surface area contributed by atoms with Crippen molar-refractivity contribution in [3.05, 3.63) is 51.6 Å². The minimum absolute atomic E-state index is 0.177. The minimum atomic E-state index is -3.61. The highest BCUT2D eigenvalue weighted by molar-refractivity contribution is 7.88. The molecule has 0 radical (unpaired) electrons. The van der Waals surface area contributed by atoms with Crippen LogP contribution in [0.5, 0.6) is 0 Å². The van der Waals surface area contributed by atoms with Crippen molar-refractivity contribution in [1.29, 1.82) is 0 Å². The summed E-state index contributed by atoms with van der Waals surface area (Å²) in [5.74, 6) is -0.393. The number of nitrogens with one attached hydrogen (secondary N) is 2. The number of para-hydroxylation sites is 1. The zero-order chi connectivity index (χ0) is 15.3. The molecule has 8 heteroatoms. The van der Waals surface area contributed by atoms with E-state index in [9.17, 15) is 18.5 Å². The van der Waals surface area contributed by atoms with Crippen molar-refractivity contribution >= 4 is 15.7 Å². The molecule has 0 spiro atoms. The van der Waals surface area contributed by atoms with Gasteiger partial charge in [0.15, 0.2) is 0 Å². The second-order valence-electron chi connectivity index (χ2n) is 4.78. The molecule has 2 rings (SSSR count). The molecule has 0 bridgehead atoms. The first-order valence-electron chi connectivity index (χ1n) is 6.56.